The molecule has 0 radical (unpaired) electrons. The van der Waals surface area contributed by atoms with Crippen molar-refractivity contribution in [2.45, 2.75) is 51.7 Å². The number of esters is 1. The van der Waals surface area contributed by atoms with Crippen molar-refractivity contribution in [2.24, 2.45) is 17.8 Å². The standard InChI is InChI=1S/C12H20O3/c1-3-7(2)12(14)15-11-6-8-4-9(11)5-10(8)13/h7-11,13H,3-6H2,1-2H3. The van der Waals surface area contributed by atoms with Gasteiger partial charge in [0.1, 0.15) is 6.10 Å². The van der Waals surface area contributed by atoms with E-state index in [4.69, 9.17) is 4.74 Å². The molecule has 0 aromatic rings. The molecule has 15 heavy (non-hydrogen) atoms. The van der Waals surface area contributed by atoms with Crippen LogP contribution in [0, 0.1) is 17.8 Å². The van der Waals surface area contributed by atoms with Crippen molar-refractivity contribution in [3.05, 3.63) is 0 Å². The highest BCUT2D eigenvalue weighted by Crippen LogP contribution is 2.46. The molecule has 5 atom stereocenters. The van der Waals surface area contributed by atoms with Crippen LogP contribution in [-0.2, 0) is 9.53 Å². The Bertz CT molecular complexity index is 249. The normalized spacial score (nSPS) is 40.5. The lowest BCUT2D eigenvalue weighted by Gasteiger charge is -2.25. The van der Waals surface area contributed by atoms with Gasteiger partial charge in [0.15, 0.2) is 0 Å². The highest BCUT2D eigenvalue weighted by molar-refractivity contribution is 5.72. The molecule has 2 fully saturated rings. The summed E-state index contributed by atoms with van der Waals surface area (Å²) >= 11 is 0. The van der Waals surface area contributed by atoms with Crippen molar-refractivity contribution in [1.29, 1.82) is 0 Å². The molecule has 0 saturated heterocycles. The first kappa shape index (κ1) is 10.9. The maximum absolute atomic E-state index is 11.6. The number of hydrogen-bond acceptors (Lipinski definition) is 3. The van der Waals surface area contributed by atoms with E-state index in [2.05, 4.69) is 0 Å². The van der Waals surface area contributed by atoms with Crippen LogP contribution < -0.4 is 0 Å². The summed E-state index contributed by atoms with van der Waals surface area (Å²) in [6.45, 7) is 3.90. The van der Waals surface area contributed by atoms with Gasteiger partial charge in [0.05, 0.1) is 12.0 Å². The van der Waals surface area contributed by atoms with Crippen LogP contribution >= 0.6 is 0 Å². The van der Waals surface area contributed by atoms with Crippen LogP contribution in [0.3, 0.4) is 0 Å². The van der Waals surface area contributed by atoms with E-state index < -0.39 is 0 Å². The molecule has 5 unspecified atom stereocenters. The first-order valence-electron chi connectivity index (χ1n) is 6.00. The third-order valence-corrected chi connectivity index (χ3v) is 4.04. The molecule has 3 nitrogen and oxygen atoms in total. The molecular formula is C12H20O3. The first-order chi connectivity index (χ1) is 7.11. The van der Waals surface area contributed by atoms with E-state index in [-0.39, 0.29) is 24.1 Å². The number of carbonyl (C=O) groups is 1. The maximum atomic E-state index is 11.6. The van der Waals surface area contributed by atoms with E-state index in [1.807, 2.05) is 13.8 Å². The van der Waals surface area contributed by atoms with Crippen LogP contribution in [0.4, 0.5) is 0 Å². The van der Waals surface area contributed by atoms with Crippen molar-refractivity contribution in [3.63, 3.8) is 0 Å². The Hall–Kier alpha value is -0.570. The fraction of sp³-hybridized carbons (Fsp3) is 0.917. The third kappa shape index (κ3) is 2.03. The number of aliphatic hydroxyl groups excluding tert-OH is 1. The molecule has 2 bridgehead atoms. The molecule has 86 valence electrons. The lowest BCUT2D eigenvalue weighted by Crippen LogP contribution is -2.31. The van der Waals surface area contributed by atoms with Gasteiger partial charge in [-0.25, -0.2) is 0 Å². The summed E-state index contributed by atoms with van der Waals surface area (Å²) in [5.74, 6) is 0.737. The Morgan fingerprint density at radius 3 is 2.60 bits per heavy atom. The average Bonchev–Trinajstić information content (AvgIpc) is 2.75. The third-order valence-electron chi connectivity index (χ3n) is 4.04. The molecule has 0 amide bonds. The minimum absolute atomic E-state index is 0.00838. The molecule has 1 N–H and O–H groups in total. The molecule has 3 heteroatoms. The van der Waals surface area contributed by atoms with Gasteiger partial charge >= 0.3 is 5.97 Å². The molecule has 2 rings (SSSR count). The van der Waals surface area contributed by atoms with Crippen LogP contribution in [0.1, 0.15) is 39.5 Å². The quantitative estimate of drug-likeness (QED) is 0.725. The zero-order valence-corrected chi connectivity index (χ0v) is 9.48. The fourth-order valence-electron chi connectivity index (χ4n) is 2.77. The summed E-state index contributed by atoms with van der Waals surface area (Å²) in [7, 11) is 0. The van der Waals surface area contributed by atoms with Crippen LogP contribution in [-0.4, -0.2) is 23.3 Å². The van der Waals surface area contributed by atoms with Crippen molar-refractivity contribution in [3.8, 4) is 0 Å². The molecule has 2 aliphatic carbocycles. The maximum Gasteiger partial charge on any atom is 0.308 e. The van der Waals surface area contributed by atoms with Crippen LogP contribution in [0.15, 0.2) is 0 Å². The molecule has 0 aromatic heterocycles. The SMILES string of the molecule is CCC(C)C(=O)OC1CC2CC1CC2O. The number of carbonyl (C=O) groups excluding carboxylic acids is 1. The molecule has 0 heterocycles. The predicted octanol–water partition coefficient (Wildman–Crippen LogP) is 1.74. The second-order valence-corrected chi connectivity index (χ2v) is 5.08. The second kappa shape index (κ2) is 4.12. The number of fused-ring (bicyclic) bond motifs is 2. The van der Waals surface area contributed by atoms with E-state index in [9.17, 15) is 9.90 Å². The molecule has 0 aliphatic heterocycles. The van der Waals surface area contributed by atoms with E-state index in [1.54, 1.807) is 0 Å². The van der Waals surface area contributed by atoms with Crippen LogP contribution in [0.25, 0.3) is 0 Å². The highest BCUT2D eigenvalue weighted by Gasteiger charge is 2.47. The minimum Gasteiger partial charge on any atom is -0.462 e. The van der Waals surface area contributed by atoms with Gasteiger partial charge in [-0.05, 0) is 37.5 Å². The van der Waals surface area contributed by atoms with Gasteiger partial charge in [0.25, 0.3) is 0 Å². The first-order valence-corrected chi connectivity index (χ1v) is 6.00. The van der Waals surface area contributed by atoms with Gasteiger partial charge in [0.2, 0.25) is 0 Å². The molecule has 0 spiro atoms. The summed E-state index contributed by atoms with van der Waals surface area (Å²) in [5.41, 5.74) is 0. The molecular weight excluding hydrogens is 192 g/mol. The zero-order valence-electron chi connectivity index (χ0n) is 9.48. The van der Waals surface area contributed by atoms with Gasteiger partial charge in [-0.1, -0.05) is 13.8 Å². The van der Waals surface area contributed by atoms with Crippen molar-refractivity contribution >= 4 is 5.97 Å². The lowest BCUT2D eigenvalue weighted by atomic mass is 9.95. The highest BCUT2D eigenvalue weighted by atomic mass is 16.5. The van der Waals surface area contributed by atoms with Gasteiger partial charge in [-0.2, -0.15) is 0 Å². The summed E-state index contributed by atoms with van der Waals surface area (Å²) in [6.07, 6.45) is 3.51. The van der Waals surface area contributed by atoms with Crippen LogP contribution in [0.5, 0.6) is 0 Å². The Morgan fingerprint density at radius 2 is 2.13 bits per heavy atom. The molecule has 2 saturated carbocycles. The Balaban J connectivity index is 1.85. The summed E-state index contributed by atoms with van der Waals surface area (Å²) in [5, 5.41) is 9.59. The summed E-state index contributed by atoms with van der Waals surface area (Å²) < 4.78 is 5.50. The Kier molecular flexibility index (Phi) is 3.01. The van der Waals surface area contributed by atoms with E-state index >= 15 is 0 Å². The zero-order chi connectivity index (χ0) is 11.0. The smallest absolute Gasteiger partial charge is 0.308 e. The van der Waals surface area contributed by atoms with Crippen LogP contribution in [0.2, 0.25) is 0 Å². The fourth-order valence-corrected chi connectivity index (χ4v) is 2.77. The number of rotatable bonds is 3. The lowest BCUT2D eigenvalue weighted by molar-refractivity contribution is -0.157. The number of ether oxygens (including phenoxy) is 1. The van der Waals surface area contributed by atoms with Gasteiger partial charge < -0.3 is 9.84 Å². The van der Waals surface area contributed by atoms with E-state index in [0.29, 0.717) is 11.8 Å². The summed E-state index contributed by atoms with van der Waals surface area (Å²) in [4.78, 5) is 11.6. The van der Waals surface area contributed by atoms with Gasteiger partial charge in [-0.3, -0.25) is 4.79 Å². The topological polar surface area (TPSA) is 46.5 Å². The molecule has 2 aliphatic rings. The number of aliphatic hydroxyl groups is 1. The monoisotopic (exact) mass is 212 g/mol. The van der Waals surface area contributed by atoms with E-state index in [0.717, 1.165) is 25.7 Å². The summed E-state index contributed by atoms with van der Waals surface area (Å²) in [6, 6.07) is 0. The Labute approximate surface area is 90.8 Å². The van der Waals surface area contributed by atoms with E-state index in [1.165, 1.54) is 0 Å². The second-order valence-electron chi connectivity index (χ2n) is 5.08. The van der Waals surface area contributed by atoms with Crippen molar-refractivity contribution in [1.82, 2.24) is 0 Å². The predicted molar refractivity (Wildman–Crippen MR) is 56.2 cm³/mol. The number of hydrogen-bond donors (Lipinski definition) is 1. The van der Waals surface area contributed by atoms with Crippen molar-refractivity contribution < 1.29 is 14.6 Å². The largest absolute Gasteiger partial charge is 0.462 e. The molecule has 0 aromatic carbocycles. The minimum atomic E-state index is -0.145. The Morgan fingerprint density at radius 1 is 1.40 bits per heavy atom. The van der Waals surface area contributed by atoms with Crippen molar-refractivity contribution in [2.75, 3.05) is 0 Å². The van der Waals surface area contributed by atoms with Gasteiger partial charge in [-0.15, -0.1) is 0 Å². The average molecular weight is 212 g/mol. The van der Waals surface area contributed by atoms with Gasteiger partial charge in [0, 0.05) is 0 Å².